The number of carbonyl (C=O) groups is 3. The Morgan fingerprint density at radius 2 is 1.85 bits per heavy atom. The molecular formula is C25H26IN3O4. The molecule has 2 N–H and O–H groups in total. The van der Waals surface area contributed by atoms with Crippen LogP contribution < -0.4 is 10.6 Å². The highest BCUT2D eigenvalue weighted by Crippen LogP contribution is 2.34. The molecule has 3 amide bonds. The summed E-state index contributed by atoms with van der Waals surface area (Å²) in [5.41, 5.74) is 2.79. The van der Waals surface area contributed by atoms with Gasteiger partial charge in [-0.05, 0) is 92.1 Å². The van der Waals surface area contributed by atoms with Crippen molar-refractivity contribution in [3.05, 3.63) is 68.9 Å². The lowest BCUT2D eigenvalue weighted by atomic mass is 9.95. The van der Waals surface area contributed by atoms with Gasteiger partial charge in [-0.15, -0.1) is 0 Å². The quantitative estimate of drug-likeness (QED) is 0.311. The van der Waals surface area contributed by atoms with Crippen molar-refractivity contribution in [2.45, 2.75) is 45.3 Å². The number of ether oxygens (including phenoxy) is 1. The van der Waals surface area contributed by atoms with Gasteiger partial charge in [-0.2, -0.15) is 0 Å². The van der Waals surface area contributed by atoms with Crippen LogP contribution in [0.3, 0.4) is 0 Å². The van der Waals surface area contributed by atoms with Gasteiger partial charge in [-0.3, -0.25) is 14.9 Å². The normalized spacial score (nSPS) is 19.3. The van der Waals surface area contributed by atoms with E-state index in [-0.39, 0.29) is 18.0 Å². The van der Waals surface area contributed by atoms with E-state index < -0.39 is 11.5 Å². The Labute approximate surface area is 206 Å². The van der Waals surface area contributed by atoms with Gasteiger partial charge in [-0.1, -0.05) is 12.1 Å². The van der Waals surface area contributed by atoms with Crippen LogP contribution in [-0.2, 0) is 9.53 Å². The minimum Gasteiger partial charge on any atom is -0.444 e. The third kappa shape index (κ3) is 5.21. The predicted octanol–water partition coefficient (Wildman–Crippen LogP) is 5.09. The van der Waals surface area contributed by atoms with Crippen LogP contribution >= 0.6 is 22.6 Å². The number of carbonyl (C=O) groups excluding carboxylic acids is 3. The van der Waals surface area contributed by atoms with Crippen LogP contribution in [0.25, 0.3) is 5.57 Å². The van der Waals surface area contributed by atoms with Crippen molar-refractivity contribution in [3.63, 3.8) is 0 Å². The highest BCUT2D eigenvalue weighted by Gasteiger charge is 2.33. The van der Waals surface area contributed by atoms with Crippen molar-refractivity contribution in [2.75, 3.05) is 11.9 Å². The first-order valence-electron chi connectivity index (χ1n) is 10.8. The highest BCUT2D eigenvalue weighted by molar-refractivity contribution is 14.1. The van der Waals surface area contributed by atoms with E-state index >= 15 is 0 Å². The van der Waals surface area contributed by atoms with E-state index in [1.165, 1.54) is 0 Å². The third-order valence-corrected chi connectivity index (χ3v) is 6.22. The molecular weight excluding hydrogens is 533 g/mol. The van der Waals surface area contributed by atoms with Gasteiger partial charge in [0.25, 0.3) is 11.8 Å². The van der Waals surface area contributed by atoms with Crippen molar-refractivity contribution >= 4 is 51.8 Å². The zero-order chi connectivity index (χ0) is 23.8. The number of imide groups is 1. The van der Waals surface area contributed by atoms with Crippen molar-refractivity contribution in [1.82, 2.24) is 10.2 Å². The Balaban J connectivity index is 1.51. The first kappa shape index (κ1) is 23.3. The van der Waals surface area contributed by atoms with Crippen LogP contribution in [-0.4, -0.2) is 35.0 Å². The van der Waals surface area contributed by atoms with Crippen LogP contribution in [0.15, 0.2) is 48.7 Å². The summed E-state index contributed by atoms with van der Waals surface area (Å²) in [4.78, 5) is 38.9. The largest absolute Gasteiger partial charge is 0.444 e. The van der Waals surface area contributed by atoms with Crippen molar-refractivity contribution in [2.24, 2.45) is 0 Å². The number of anilines is 1. The van der Waals surface area contributed by atoms with E-state index in [9.17, 15) is 14.4 Å². The van der Waals surface area contributed by atoms with E-state index in [1.807, 2.05) is 57.2 Å². The molecule has 0 aromatic heterocycles. The SMILES string of the molecule is CC(C)(C)OC(=O)N1CCCC1c1ccc(NC=C2C(=O)NC(=O)c3ccc(I)cc32)cc1. The molecule has 2 aromatic rings. The third-order valence-electron chi connectivity index (χ3n) is 5.55. The number of benzene rings is 2. The molecule has 1 saturated heterocycles. The second-order valence-electron chi connectivity index (χ2n) is 9.13. The van der Waals surface area contributed by atoms with E-state index in [2.05, 4.69) is 33.2 Å². The fraction of sp³-hybridized carbons (Fsp3) is 0.320. The molecule has 2 aliphatic heterocycles. The molecule has 0 bridgehead atoms. The molecule has 2 heterocycles. The zero-order valence-electron chi connectivity index (χ0n) is 18.8. The molecule has 33 heavy (non-hydrogen) atoms. The first-order valence-corrected chi connectivity index (χ1v) is 11.9. The van der Waals surface area contributed by atoms with Crippen molar-refractivity contribution < 1.29 is 19.1 Å². The maximum atomic E-state index is 12.6. The summed E-state index contributed by atoms with van der Waals surface area (Å²) in [6.45, 7) is 6.28. The number of halogens is 1. The molecule has 1 atom stereocenters. The maximum absolute atomic E-state index is 12.6. The van der Waals surface area contributed by atoms with Crippen LogP contribution in [0.4, 0.5) is 10.5 Å². The summed E-state index contributed by atoms with van der Waals surface area (Å²) in [7, 11) is 0. The average Bonchev–Trinajstić information content (AvgIpc) is 3.23. The van der Waals surface area contributed by atoms with Gasteiger partial charge < -0.3 is 15.0 Å². The van der Waals surface area contributed by atoms with E-state index in [0.717, 1.165) is 27.7 Å². The standard InChI is InChI=1S/C25H26IN3O4/c1-25(2,3)33-24(32)29-12-4-5-21(29)15-6-9-17(10-7-15)27-14-20-19-13-16(26)8-11-18(19)22(30)28-23(20)31/h6-11,13-14,21,27H,4-5,12H2,1-3H3,(H,28,30,31). The van der Waals surface area contributed by atoms with E-state index in [4.69, 9.17) is 4.74 Å². The topological polar surface area (TPSA) is 87.7 Å². The molecule has 1 unspecified atom stereocenters. The van der Waals surface area contributed by atoms with Crippen molar-refractivity contribution in [1.29, 1.82) is 0 Å². The molecule has 0 saturated carbocycles. The van der Waals surface area contributed by atoms with Gasteiger partial charge in [0.15, 0.2) is 0 Å². The van der Waals surface area contributed by atoms with Crippen LogP contribution in [0, 0.1) is 3.57 Å². The van der Waals surface area contributed by atoms with Gasteiger partial charge in [0.05, 0.1) is 11.6 Å². The van der Waals surface area contributed by atoms with Crippen LogP contribution in [0.2, 0.25) is 0 Å². The molecule has 172 valence electrons. The number of amides is 3. The Bertz CT molecular complexity index is 1140. The van der Waals surface area contributed by atoms with Gasteiger partial charge in [0.2, 0.25) is 0 Å². The number of fused-ring (bicyclic) bond motifs is 1. The minimum absolute atomic E-state index is 0.0173. The zero-order valence-corrected chi connectivity index (χ0v) is 20.9. The number of hydrogen-bond acceptors (Lipinski definition) is 5. The average molecular weight is 559 g/mol. The first-order chi connectivity index (χ1) is 15.6. The summed E-state index contributed by atoms with van der Waals surface area (Å²) in [6.07, 6.45) is 3.15. The minimum atomic E-state index is -0.530. The Morgan fingerprint density at radius 1 is 1.12 bits per heavy atom. The molecule has 4 rings (SSSR count). The molecule has 1 fully saturated rings. The number of rotatable bonds is 3. The van der Waals surface area contributed by atoms with Crippen LogP contribution in [0.5, 0.6) is 0 Å². The summed E-state index contributed by atoms with van der Waals surface area (Å²) in [5.74, 6) is -0.823. The molecule has 2 aromatic carbocycles. The Morgan fingerprint density at radius 3 is 2.55 bits per heavy atom. The molecule has 2 aliphatic rings. The molecule has 8 heteroatoms. The molecule has 7 nitrogen and oxygen atoms in total. The Hall–Kier alpha value is -2.88. The number of likely N-dealkylation sites (tertiary alicyclic amines) is 1. The molecule has 0 spiro atoms. The van der Waals surface area contributed by atoms with Gasteiger partial charge in [0.1, 0.15) is 5.60 Å². The summed E-state index contributed by atoms with van der Waals surface area (Å²) < 4.78 is 6.50. The Kier molecular flexibility index (Phi) is 6.47. The highest BCUT2D eigenvalue weighted by atomic mass is 127. The summed E-state index contributed by atoms with van der Waals surface area (Å²) >= 11 is 2.16. The second-order valence-corrected chi connectivity index (χ2v) is 10.4. The lowest BCUT2D eigenvalue weighted by Gasteiger charge is -2.29. The lowest BCUT2D eigenvalue weighted by molar-refractivity contribution is -0.114. The predicted molar refractivity (Wildman–Crippen MR) is 135 cm³/mol. The lowest BCUT2D eigenvalue weighted by Crippen LogP contribution is -2.36. The summed E-state index contributed by atoms with van der Waals surface area (Å²) in [5, 5.41) is 5.54. The monoisotopic (exact) mass is 559 g/mol. The van der Waals surface area contributed by atoms with E-state index in [1.54, 1.807) is 17.2 Å². The molecule has 0 aliphatic carbocycles. The number of nitrogens with one attached hydrogen (secondary N) is 2. The fourth-order valence-electron chi connectivity index (χ4n) is 4.05. The fourth-order valence-corrected chi connectivity index (χ4v) is 4.54. The van der Waals surface area contributed by atoms with Gasteiger partial charge in [-0.25, -0.2) is 4.79 Å². The number of nitrogens with zero attached hydrogens (tertiary/aromatic N) is 1. The van der Waals surface area contributed by atoms with Gasteiger partial charge >= 0.3 is 6.09 Å². The van der Waals surface area contributed by atoms with Crippen molar-refractivity contribution in [3.8, 4) is 0 Å². The molecule has 0 radical (unpaired) electrons. The second kappa shape index (κ2) is 9.17. The summed E-state index contributed by atoms with van der Waals surface area (Å²) in [6, 6.07) is 13.2. The maximum Gasteiger partial charge on any atom is 0.410 e. The van der Waals surface area contributed by atoms with E-state index in [0.29, 0.717) is 23.2 Å². The van der Waals surface area contributed by atoms with Gasteiger partial charge in [0, 0.05) is 33.1 Å². The number of hydrogen-bond donors (Lipinski definition) is 2. The smallest absolute Gasteiger partial charge is 0.410 e. The van der Waals surface area contributed by atoms with Crippen LogP contribution in [0.1, 0.15) is 61.1 Å².